The molecular formula is C20H21F2NO3S. The Labute approximate surface area is 161 Å². The number of hydrogen-bond donors (Lipinski definition) is 0. The van der Waals surface area contributed by atoms with Crippen molar-refractivity contribution in [2.45, 2.75) is 29.5 Å². The Hall–Kier alpha value is -2.28. The van der Waals surface area contributed by atoms with Crippen molar-refractivity contribution in [1.82, 2.24) is 4.90 Å². The van der Waals surface area contributed by atoms with Crippen LogP contribution in [0.5, 0.6) is 11.5 Å². The van der Waals surface area contributed by atoms with Gasteiger partial charge < -0.3 is 14.4 Å². The van der Waals surface area contributed by atoms with Crippen LogP contribution in [0.1, 0.15) is 34.8 Å². The number of halogens is 2. The molecule has 0 N–H and O–H groups in total. The number of nitrogens with zero attached hydrogens (tertiary/aromatic N) is 1. The van der Waals surface area contributed by atoms with Crippen molar-refractivity contribution >= 4 is 17.7 Å². The minimum Gasteiger partial charge on any atom is -0.497 e. The van der Waals surface area contributed by atoms with Crippen molar-refractivity contribution in [3.63, 3.8) is 0 Å². The van der Waals surface area contributed by atoms with Crippen LogP contribution in [0.4, 0.5) is 8.78 Å². The van der Waals surface area contributed by atoms with Crippen molar-refractivity contribution in [3.05, 3.63) is 53.6 Å². The smallest absolute Gasteiger partial charge is 0.288 e. The lowest BCUT2D eigenvalue weighted by atomic mass is 10.0. The number of methoxy groups -OCH3 is 2. The molecule has 1 atom stereocenters. The monoisotopic (exact) mass is 393 g/mol. The molecule has 1 amide bonds. The fraction of sp³-hybridized carbons (Fsp3) is 0.350. The number of thioether (sulfide) groups is 1. The summed E-state index contributed by atoms with van der Waals surface area (Å²) in [5.74, 6) is -1.21. The number of likely N-dealkylation sites (tertiary alicyclic amines) is 1. The highest BCUT2D eigenvalue weighted by Gasteiger charge is 2.32. The van der Waals surface area contributed by atoms with Gasteiger partial charge in [-0.15, -0.1) is 0 Å². The Morgan fingerprint density at radius 3 is 2.52 bits per heavy atom. The number of hydrogen-bond acceptors (Lipinski definition) is 4. The molecule has 1 aliphatic rings. The van der Waals surface area contributed by atoms with Crippen LogP contribution in [0, 0.1) is 0 Å². The lowest BCUT2D eigenvalue weighted by Gasteiger charge is -2.26. The first kappa shape index (κ1) is 19.5. The molecule has 144 valence electrons. The van der Waals surface area contributed by atoms with E-state index in [1.54, 1.807) is 38.5 Å². The molecule has 1 aliphatic heterocycles. The summed E-state index contributed by atoms with van der Waals surface area (Å²) in [6, 6.07) is 11.8. The second-order valence-electron chi connectivity index (χ2n) is 6.17. The Bertz CT molecular complexity index is 798. The van der Waals surface area contributed by atoms with E-state index in [2.05, 4.69) is 0 Å². The first-order chi connectivity index (χ1) is 13.0. The van der Waals surface area contributed by atoms with Crippen molar-refractivity contribution in [2.24, 2.45) is 0 Å². The van der Waals surface area contributed by atoms with Crippen LogP contribution in [-0.4, -0.2) is 37.3 Å². The van der Waals surface area contributed by atoms with Crippen LogP contribution in [0.2, 0.25) is 0 Å². The highest BCUT2D eigenvalue weighted by atomic mass is 32.2. The molecule has 0 aliphatic carbocycles. The highest BCUT2D eigenvalue weighted by Crippen LogP contribution is 2.39. The fourth-order valence-corrected chi connectivity index (χ4v) is 3.87. The molecular weight excluding hydrogens is 372 g/mol. The van der Waals surface area contributed by atoms with E-state index in [4.69, 9.17) is 9.47 Å². The van der Waals surface area contributed by atoms with Crippen LogP contribution in [-0.2, 0) is 0 Å². The van der Waals surface area contributed by atoms with Crippen molar-refractivity contribution in [3.8, 4) is 11.5 Å². The third-order valence-electron chi connectivity index (χ3n) is 4.64. The van der Waals surface area contributed by atoms with E-state index >= 15 is 0 Å². The number of carbonyl (C=O) groups is 1. The highest BCUT2D eigenvalue weighted by molar-refractivity contribution is 7.99. The number of benzene rings is 2. The van der Waals surface area contributed by atoms with Crippen LogP contribution < -0.4 is 9.47 Å². The first-order valence-electron chi connectivity index (χ1n) is 8.61. The zero-order valence-electron chi connectivity index (χ0n) is 15.2. The van der Waals surface area contributed by atoms with E-state index in [0.717, 1.165) is 18.4 Å². The maximum absolute atomic E-state index is 13.0. The van der Waals surface area contributed by atoms with Gasteiger partial charge in [0.05, 0.1) is 20.3 Å². The summed E-state index contributed by atoms with van der Waals surface area (Å²) in [6.45, 7) is 0.645. The number of ether oxygens (including phenoxy) is 2. The molecule has 27 heavy (non-hydrogen) atoms. The number of carbonyl (C=O) groups excluding carboxylic acids is 1. The summed E-state index contributed by atoms with van der Waals surface area (Å²) in [7, 11) is 3.19. The molecule has 2 aromatic rings. The minimum absolute atomic E-state index is 0.0894. The third kappa shape index (κ3) is 4.35. The Morgan fingerprint density at radius 2 is 1.89 bits per heavy atom. The van der Waals surface area contributed by atoms with Gasteiger partial charge in [0, 0.05) is 28.6 Å². The molecule has 1 fully saturated rings. The number of amides is 1. The molecule has 0 radical (unpaired) electrons. The Balaban J connectivity index is 1.83. The van der Waals surface area contributed by atoms with Crippen LogP contribution >= 0.6 is 11.8 Å². The summed E-state index contributed by atoms with van der Waals surface area (Å²) < 4.78 is 35.6. The standard InChI is InChI=1S/C20H21F2NO3S/c1-25-14-7-10-16(18(12-14)26-2)17-4-3-11-23(17)19(24)13-5-8-15(9-6-13)27-20(21)22/h5-10,12,17,20H,3-4,11H2,1-2H3. The van der Waals surface area contributed by atoms with Crippen LogP contribution in [0.3, 0.4) is 0 Å². The van der Waals surface area contributed by atoms with E-state index in [-0.39, 0.29) is 11.9 Å². The van der Waals surface area contributed by atoms with Crippen molar-refractivity contribution < 1.29 is 23.0 Å². The topological polar surface area (TPSA) is 38.8 Å². The molecule has 3 rings (SSSR count). The van der Waals surface area contributed by atoms with Gasteiger partial charge in [0.15, 0.2) is 0 Å². The third-order valence-corrected chi connectivity index (χ3v) is 5.36. The van der Waals surface area contributed by atoms with E-state index < -0.39 is 5.76 Å². The summed E-state index contributed by atoms with van der Waals surface area (Å²) >= 11 is 0.470. The predicted molar refractivity (Wildman–Crippen MR) is 101 cm³/mol. The SMILES string of the molecule is COc1ccc(C2CCCN2C(=O)c2ccc(SC(F)F)cc2)c(OC)c1. The molecule has 0 aromatic heterocycles. The van der Waals surface area contributed by atoms with Gasteiger partial charge in [-0.1, -0.05) is 11.8 Å². The van der Waals surface area contributed by atoms with E-state index in [1.807, 2.05) is 23.1 Å². The summed E-state index contributed by atoms with van der Waals surface area (Å²) in [4.78, 5) is 15.3. The predicted octanol–water partition coefficient (Wildman–Crippen LogP) is 5.00. The maximum atomic E-state index is 13.0. The zero-order valence-corrected chi connectivity index (χ0v) is 16.0. The van der Waals surface area contributed by atoms with Gasteiger partial charge in [-0.2, -0.15) is 8.78 Å². The number of alkyl halides is 2. The van der Waals surface area contributed by atoms with Gasteiger partial charge in [0.25, 0.3) is 11.7 Å². The Morgan fingerprint density at radius 1 is 1.15 bits per heavy atom. The lowest BCUT2D eigenvalue weighted by Crippen LogP contribution is -2.30. The maximum Gasteiger partial charge on any atom is 0.288 e. The van der Waals surface area contributed by atoms with Gasteiger partial charge in [0.1, 0.15) is 11.5 Å². The molecule has 2 aromatic carbocycles. The van der Waals surface area contributed by atoms with E-state index in [9.17, 15) is 13.6 Å². The normalized spacial score (nSPS) is 16.6. The van der Waals surface area contributed by atoms with Gasteiger partial charge in [-0.3, -0.25) is 4.79 Å². The lowest BCUT2D eigenvalue weighted by molar-refractivity contribution is 0.0734. The summed E-state index contributed by atoms with van der Waals surface area (Å²) in [5, 5.41) is 0. The summed E-state index contributed by atoms with van der Waals surface area (Å²) in [5.41, 5.74) is 1.43. The van der Waals surface area contributed by atoms with Crippen molar-refractivity contribution in [2.75, 3.05) is 20.8 Å². The molecule has 0 bridgehead atoms. The average Bonchev–Trinajstić information content (AvgIpc) is 3.16. The zero-order chi connectivity index (χ0) is 19.4. The van der Waals surface area contributed by atoms with Gasteiger partial charge in [-0.25, -0.2) is 0 Å². The van der Waals surface area contributed by atoms with Crippen molar-refractivity contribution in [1.29, 1.82) is 0 Å². The molecule has 0 saturated carbocycles. The quantitative estimate of drug-likeness (QED) is 0.648. The largest absolute Gasteiger partial charge is 0.497 e. The molecule has 7 heteroatoms. The molecule has 0 spiro atoms. The second kappa shape index (κ2) is 8.61. The fourth-order valence-electron chi connectivity index (χ4n) is 3.37. The van der Waals surface area contributed by atoms with Crippen LogP contribution in [0.25, 0.3) is 0 Å². The van der Waals surface area contributed by atoms with Crippen LogP contribution in [0.15, 0.2) is 47.4 Å². The molecule has 1 saturated heterocycles. The minimum atomic E-state index is -2.47. The Kier molecular flexibility index (Phi) is 6.21. The number of rotatable bonds is 6. The van der Waals surface area contributed by atoms with Gasteiger partial charge in [0.2, 0.25) is 0 Å². The second-order valence-corrected chi connectivity index (χ2v) is 7.23. The van der Waals surface area contributed by atoms with E-state index in [1.165, 1.54) is 0 Å². The van der Waals surface area contributed by atoms with E-state index in [0.29, 0.717) is 40.3 Å². The molecule has 4 nitrogen and oxygen atoms in total. The van der Waals surface area contributed by atoms with Gasteiger partial charge >= 0.3 is 0 Å². The first-order valence-corrected chi connectivity index (χ1v) is 9.49. The average molecular weight is 393 g/mol. The molecule has 1 unspecified atom stereocenters. The molecule has 1 heterocycles. The summed E-state index contributed by atoms with van der Waals surface area (Å²) in [6.07, 6.45) is 1.73. The van der Waals surface area contributed by atoms with Gasteiger partial charge in [-0.05, 0) is 49.2 Å².